The Morgan fingerprint density at radius 2 is 2.21 bits per heavy atom. The average molecular weight is 331 g/mol. The van der Waals surface area contributed by atoms with Gasteiger partial charge in [-0.1, -0.05) is 6.07 Å². The van der Waals surface area contributed by atoms with Crippen LogP contribution in [-0.2, 0) is 11.3 Å². The number of rotatable bonds is 3. The van der Waals surface area contributed by atoms with Gasteiger partial charge in [-0.15, -0.1) is 0 Å². The molecule has 0 spiro atoms. The molecule has 6 heteroatoms. The average Bonchev–Trinajstić information content (AvgIpc) is 3.00. The monoisotopic (exact) mass is 331 g/mol. The number of amides is 1. The van der Waals surface area contributed by atoms with E-state index >= 15 is 0 Å². The van der Waals surface area contributed by atoms with Gasteiger partial charge in [0.15, 0.2) is 11.5 Å². The predicted molar refractivity (Wildman–Crippen MR) is 90.2 cm³/mol. The zero-order valence-electron chi connectivity index (χ0n) is 14.1. The van der Waals surface area contributed by atoms with Gasteiger partial charge in [0.2, 0.25) is 5.91 Å². The molecular formula is C18H25N3O3. The summed E-state index contributed by atoms with van der Waals surface area (Å²) in [5.74, 6) is 2.14. The van der Waals surface area contributed by atoms with Crippen LogP contribution in [0.5, 0.6) is 11.5 Å². The van der Waals surface area contributed by atoms with Crippen molar-refractivity contribution in [1.29, 1.82) is 0 Å². The Kier molecular flexibility index (Phi) is 4.10. The molecule has 0 aromatic heterocycles. The van der Waals surface area contributed by atoms with Crippen LogP contribution in [0.25, 0.3) is 0 Å². The fourth-order valence-corrected chi connectivity index (χ4v) is 4.17. The molecule has 1 amide bonds. The normalized spacial score (nSPS) is 29.1. The van der Waals surface area contributed by atoms with Crippen LogP contribution < -0.4 is 20.1 Å². The summed E-state index contributed by atoms with van der Waals surface area (Å²) in [6.45, 7) is 5.41. The van der Waals surface area contributed by atoms with Gasteiger partial charge in [-0.25, -0.2) is 0 Å². The number of benzene rings is 1. The zero-order chi connectivity index (χ0) is 16.6. The Morgan fingerprint density at radius 1 is 1.38 bits per heavy atom. The summed E-state index contributed by atoms with van der Waals surface area (Å²) in [4.78, 5) is 15.1. The topological polar surface area (TPSA) is 62.8 Å². The van der Waals surface area contributed by atoms with Crippen LogP contribution in [0, 0.1) is 11.3 Å². The lowest BCUT2D eigenvalue weighted by Crippen LogP contribution is -2.46. The molecule has 24 heavy (non-hydrogen) atoms. The lowest BCUT2D eigenvalue weighted by Gasteiger charge is -2.26. The number of fused-ring (bicyclic) bond motifs is 2. The molecule has 2 saturated heterocycles. The van der Waals surface area contributed by atoms with Gasteiger partial charge in [0.1, 0.15) is 0 Å². The second kappa shape index (κ2) is 6.26. The van der Waals surface area contributed by atoms with Gasteiger partial charge >= 0.3 is 0 Å². The fraction of sp³-hybridized carbons (Fsp3) is 0.611. The Bertz CT molecular complexity index is 636. The Hall–Kier alpha value is -1.79. The van der Waals surface area contributed by atoms with E-state index in [4.69, 9.17) is 9.47 Å². The maximum atomic E-state index is 12.9. The molecule has 0 saturated carbocycles. The minimum atomic E-state index is -0.278. The van der Waals surface area contributed by atoms with Crippen molar-refractivity contribution in [3.8, 4) is 11.5 Å². The summed E-state index contributed by atoms with van der Waals surface area (Å²) < 4.78 is 11.4. The first-order chi connectivity index (χ1) is 11.7. The first kappa shape index (κ1) is 15.7. The van der Waals surface area contributed by atoms with Gasteiger partial charge in [0, 0.05) is 45.1 Å². The predicted octanol–water partition coefficient (Wildman–Crippen LogP) is 0.615. The third-order valence-corrected chi connectivity index (χ3v) is 5.41. The summed E-state index contributed by atoms with van der Waals surface area (Å²) in [6.07, 6.45) is 0.894. The molecule has 2 fully saturated rings. The highest BCUT2D eigenvalue weighted by molar-refractivity contribution is 5.84. The standard InChI is InChI=1S/C18H25N3O3/c1-21-10-14-9-19-11-18(14,12-21)17(22)20-8-13-3-4-15-16(7-13)24-6-2-5-23-15/h3-4,7,14,19H,2,5-6,8-12H2,1H3,(H,20,22)/t14-,18-/m1/s1. The second-order valence-electron chi connectivity index (χ2n) is 7.19. The summed E-state index contributed by atoms with van der Waals surface area (Å²) in [5.41, 5.74) is 0.762. The Labute approximate surface area is 142 Å². The molecule has 0 radical (unpaired) electrons. The number of carbonyl (C=O) groups is 1. The van der Waals surface area contributed by atoms with E-state index < -0.39 is 0 Å². The van der Waals surface area contributed by atoms with E-state index in [1.54, 1.807) is 0 Å². The van der Waals surface area contributed by atoms with E-state index in [1.807, 2.05) is 18.2 Å². The molecule has 3 heterocycles. The van der Waals surface area contributed by atoms with Gasteiger partial charge in [-0.3, -0.25) is 4.79 Å². The van der Waals surface area contributed by atoms with Gasteiger partial charge in [-0.2, -0.15) is 0 Å². The first-order valence-corrected chi connectivity index (χ1v) is 8.73. The number of hydrogen-bond donors (Lipinski definition) is 2. The number of nitrogens with one attached hydrogen (secondary N) is 2. The lowest BCUT2D eigenvalue weighted by molar-refractivity contribution is -0.130. The van der Waals surface area contributed by atoms with E-state index in [0.717, 1.165) is 49.7 Å². The molecule has 1 aromatic carbocycles. The fourth-order valence-electron chi connectivity index (χ4n) is 4.17. The molecule has 1 aromatic rings. The molecule has 0 aliphatic carbocycles. The number of hydrogen-bond acceptors (Lipinski definition) is 5. The summed E-state index contributed by atoms with van der Waals surface area (Å²) >= 11 is 0. The minimum absolute atomic E-state index is 0.161. The number of ether oxygens (including phenoxy) is 2. The molecule has 4 rings (SSSR count). The van der Waals surface area contributed by atoms with E-state index in [-0.39, 0.29) is 11.3 Å². The van der Waals surface area contributed by atoms with Gasteiger partial charge in [0.25, 0.3) is 0 Å². The highest BCUT2D eigenvalue weighted by atomic mass is 16.5. The largest absolute Gasteiger partial charge is 0.490 e. The van der Waals surface area contributed by atoms with Crippen molar-refractivity contribution in [2.75, 3.05) is 46.4 Å². The van der Waals surface area contributed by atoms with Crippen LogP contribution in [-0.4, -0.2) is 57.2 Å². The maximum Gasteiger partial charge on any atom is 0.229 e. The lowest BCUT2D eigenvalue weighted by atomic mass is 9.80. The van der Waals surface area contributed by atoms with Crippen LogP contribution >= 0.6 is 0 Å². The zero-order valence-corrected chi connectivity index (χ0v) is 14.1. The Balaban J connectivity index is 1.43. The first-order valence-electron chi connectivity index (χ1n) is 8.73. The van der Waals surface area contributed by atoms with Crippen LogP contribution in [0.3, 0.4) is 0 Å². The van der Waals surface area contributed by atoms with Crippen molar-refractivity contribution in [3.05, 3.63) is 23.8 Å². The molecular weight excluding hydrogens is 306 g/mol. The molecule has 130 valence electrons. The van der Waals surface area contributed by atoms with Crippen molar-refractivity contribution in [2.24, 2.45) is 11.3 Å². The van der Waals surface area contributed by atoms with Gasteiger partial charge < -0.3 is 25.0 Å². The highest BCUT2D eigenvalue weighted by Crippen LogP contribution is 2.38. The van der Waals surface area contributed by atoms with Crippen molar-refractivity contribution in [2.45, 2.75) is 13.0 Å². The smallest absolute Gasteiger partial charge is 0.229 e. The van der Waals surface area contributed by atoms with Gasteiger partial charge in [-0.05, 0) is 24.7 Å². The summed E-state index contributed by atoms with van der Waals surface area (Å²) in [7, 11) is 2.09. The Morgan fingerprint density at radius 3 is 3.08 bits per heavy atom. The van der Waals surface area contributed by atoms with Crippen molar-refractivity contribution in [1.82, 2.24) is 15.5 Å². The van der Waals surface area contributed by atoms with Gasteiger partial charge in [0.05, 0.1) is 18.6 Å². The quantitative estimate of drug-likeness (QED) is 0.850. The molecule has 6 nitrogen and oxygen atoms in total. The molecule has 3 aliphatic rings. The molecule has 2 atom stereocenters. The third kappa shape index (κ3) is 2.74. The van der Waals surface area contributed by atoms with E-state index in [1.165, 1.54) is 0 Å². The van der Waals surface area contributed by atoms with Crippen molar-refractivity contribution in [3.63, 3.8) is 0 Å². The molecule has 3 aliphatic heterocycles. The number of nitrogens with zero attached hydrogens (tertiary/aromatic N) is 1. The van der Waals surface area contributed by atoms with E-state index in [0.29, 0.717) is 25.7 Å². The van der Waals surface area contributed by atoms with Crippen LogP contribution in [0.15, 0.2) is 18.2 Å². The molecule has 2 N–H and O–H groups in total. The summed E-state index contributed by atoms with van der Waals surface area (Å²) in [6, 6.07) is 5.91. The number of carbonyl (C=O) groups excluding carboxylic acids is 1. The molecule has 0 unspecified atom stereocenters. The summed E-state index contributed by atoms with van der Waals surface area (Å²) in [5, 5.41) is 6.53. The van der Waals surface area contributed by atoms with Crippen molar-refractivity contribution < 1.29 is 14.3 Å². The minimum Gasteiger partial charge on any atom is -0.490 e. The maximum absolute atomic E-state index is 12.9. The number of likely N-dealkylation sites (tertiary alicyclic amines) is 1. The van der Waals surface area contributed by atoms with E-state index in [9.17, 15) is 4.79 Å². The SMILES string of the molecule is CN1C[C@H]2CNC[C@@]2(C(=O)NCc2ccc3c(c2)OCCCO3)C1. The molecule has 0 bridgehead atoms. The highest BCUT2D eigenvalue weighted by Gasteiger charge is 2.53. The van der Waals surface area contributed by atoms with Crippen LogP contribution in [0.2, 0.25) is 0 Å². The van der Waals surface area contributed by atoms with Crippen LogP contribution in [0.4, 0.5) is 0 Å². The van der Waals surface area contributed by atoms with Crippen LogP contribution in [0.1, 0.15) is 12.0 Å². The van der Waals surface area contributed by atoms with E-state index in [2.05, 4.69) is 22.6 Å². The van der Waals surface area contributed by atoms with Crippen molar-refractivity contribution >= 4 is 5.91 Å². The third-order valence-electron chi connectivity index (χ3n) is 5.41. The second-order valence-corrected chi connectivity index (χ2v) is 7.19.